The molecule has 6 nitrogen and oxygen atoms in total. The fourth-order valence-corrected chi connectivity index (χ4v) is 5.24. The third kappa shape index (κ3) is 4.00. The van der Waals surface area contributed by atoms with Gasteiger partial charge in [-0.2, -0.15) is 0 Å². The van der Waals surface area contributed by atoms with Crippen LogP contribution in [-0.2, 0) is 11.3 Å². The number of nitro benzene ring substituents is 1. The van der Waals surface area contributed by atoms with Crippen molar-refractivity contribution in [2.75, 3.05) is 4.90 Å². The second kappa shape index (κ2) is 8.85. The molecule has 0 unspecified atom stereocenters. The zero-order valence-corrected chi connectivity index (χ0v) is 19.2. The summed E-state index contributed by atoms with van der Waals surface area (Å²) in [4.78, 5) is 26.0. The predicted molar refractivity (Wildman–Crippen MR) is 136 cm³/mol. The van der Waals surface area contributed by atoms with E-state index in [9.17, 15) is 19.3 Å². The molecule has 3 aromatic carbocycles. The van der Waals surface area contributed by atoms with Gasteiger partial charge in [-0.15, -0.1) is 0 Å². The second-order valence-electron chi connectivity index (χ2n) is 7.61. The lowest BCUT2D eigenvalue weighted by Crippen LogP contribution is -2.27. The van der Waals surface area contributed by atoms with Crippen LogP contribution in [0.4, 0.5) is 15.8 Å². The summed E-state index contributed by atoms with van der Waals surface area (Å²) >= 11 is 6.60. The number of anilines is 1. The molecular formula is C25H16FN3O3S2. The minimum atomic E-state index is -0.392. The van der Waals surface area contributed by atoms with Gasteiger partial charge in [0, 0.05) is 34.3 Å². The van der Waals surface area contributed by atoms with Crippen LogP contribution in [0.25, 0.3) is 17.0 Å². The molecule has 5 rings (SSSR count). The molecule has 4 aromatic rings. The summed E-state index contributed by atoms with van der Waals surface area (Å²) in [5.74, 6) is -0.673. The first kappa shape index (κ1) is 22.0. The Hall–Kier alpha value is -3.82. The molecule has 1 aromatic heterocycles. The number of benzene rings is 3. The summed E-state index contributed by atoms with van der Waals surface area (Å²) in [6, 6.07) is 19.9. The van der Waals surface area contributed by atoms with E-state index in [0.29, 0.717) is 27.0 Å². The SMILES string of the molecule is O=C1/C(=C/c2cn(Cc3ccccc3[N+](=O)[O-])c3ccccc23)SC(=S)N1c1ccc(F)cc1. The first-order chi connectivity index (χ1) is 16.4. The van der Waals surface area contributed by atoms with Crippen LogP contribution in [0.5, 0.6) is 0 Å². The second-order valence-corrected chi connectivity index (χ2v) is 9.28. The lowest BCUT2D eigenvalue weighted by Gasteiger charge is -2.14. The third-order valence-corrected chi connectivity index (χ3v) is 6.82. The Labute approximate surface area is 203 Å². The van der Waals surface area contributed by atoms with Crippen LogP contribution in [0.2, 0.25) is 0 Å². The number of aromatic nitrogens is 1. The average Bonchev–Trinajstić information content (AvgIpc) is 3.31. The predicted octanol–water partition coefficient (Wildman–Crippen LogP) is 6.14. The largest absolute Gasteiger partial charge is 0.342 e. The highest BCUT2D eigenvalue weighted by molar-refractivity contribution is 8.27. The third-order valence-electron chi connectivity index (χ3n) is 5.51. The maximum atomic E-state index is 13.3. The number of amides is 1. The van der Waals surface area contributed by atoms with Crippen molar-refractivity contribution in [1.29, 1.82) is 0 Å². The number of rotatable bonds is 5. The van der Waals surface area contributed by atoms with Crippen LogP contribution in [0, 0.1) is 15.9 Å². The molecule has 34 heavy (non-hydrogen) atoms. The number of carbonyl (C=O) groups is 1. The molecule has 0 radical (unpaired) electrons. The van der Waals surface area contributed by atoms with Gasteiger partial charge in [0.05, 0.1) is 22.1 Å². The molecule has 0 spiro atoms. The summed E-state index contributed by atoms with van der Waals surface area (Å²) in [5.41, 5.74) is 2.84. The minimum Gasteiger partial charge on any atom is -0.342 e. The maximum Gasteiger partial charge on any atom is 0.274 e. The highest BCUT2D eigenvalue weighted by Crippen LogP contribution is 2.37. The van der Waals surface area contributed by atoms with Gasteiger partial charge in [0.2, 0.25) is 0 Å². The Bertz CT molecular complexity index is 1500. The molecule has 1 aliphatic rings. The molecule has 0 saturated carbocycles. The number of fused-ring (bicyclic) bond motifs is 1. The van der Waals surface area contributed by atoms with Crippen molar-refractivity contribution >= 4 is 62.6 Å². The van der Waals surface area contributed by atoms with Crippen molar-refractivity contribution in [1.82, 2.24) is 4.57 Å². The summed E-state index contributed by atoms with van der Waals surface area (Å²) in [6.07, 6.45) is 3.66. The van der Waals surface area contributed by atoms with E-state index in [2.05, 4.69) is 0 Å². The maximum absolute atomic E-state index is 13.3. The normalized spacial score (nSPS) is 15.0. The molecule has 168 valence electrons. The van der Waals surface area contributed by atoms with Crippen molar-refractivity contribution in [2.24, 2.45) is 0 Å². The zero-order valence-electron chi connectivity index (χ0n) is 17.6. The van der Waals surface area contributed by atoms with E-state index in [1.807, 2.05) is 35.0 Å². The van der Waals surface area contributed by atoms with Crippen molar-refractivity contribution in [3.63, 3.8) is 0 Å². The Morgan fingerprint density at radius 3 is 2.50 bits per heavy atom. The first-order valence-corrected chi connectivity index (χ1v) is 11.5. The van der Waals surface area contributed by atoms with Crippen molar-refractivity contribution in [2.45, 2.75) is 6.54 Å². The van der Waals surface area contributed by atoms with E-state index in [1.165, 1.54) is 47.0 Å². The van der Waals surface area contributed by atoms with Gasteiger partial charge in [-0.1, -0.05) is 60.4 Å². The number of thiocarbonyl (C=S) groups is 1. The Morgan fingerprint density at radius 1 is 1.03 bits per heavy atom. The fraction of sp³-hybridized carbons (Fsp3) is 0.0400. The highest BCUT2D eigenvalue weighted by Gasteiger charge is 2.33. The molecule has 0 aliphatic carbocycles. The van der Waals surface area contributed by atoms with Crippen LogP contribution >= 0.6 is 24.0 Å². The van der Waals surface area contributed by atoms with Crippen LogP contribution in [0.15, 0.2) is 83.9 Å². The average molecular weight is 490 g/mol. The van der Waals surface area contributed by atoms with Crippen molar-refractivity contribution < 1.29 is 14.1 Å². The number of carbonyl (C=O) groups excluding carboxylic acids is 1. The van der Waals surface area contributed by atoms with Crippen LogP contribution in [0.1, 0.15) is 11.1 Å². The number of hydrogen-bond acceptors (Lipinski definition) is 5. The Kier molecular flexibility index (Phi) is 5.72. The van der Waals surface area contributed by atoms with Crippen molar-refractivity contribution in [3.8, 4) is 0 Å². The number of thioether (sulfide) groups is 1. The molecule has 1 amide bonds. The quantitative estimate of drug-likeness (QED) is 0.146. The summed E-state index contributed by atoms with van der Waals surface area (Å²) in [7, 11) is 0. The van der Waals surface area contributed by atoms with Gasteiger partial charge in [0.25, 0.3) is 11.6 Å². The lowest BCUT2D eigenvalue weighted by molar-refractivity contribution is -0.385. The van der Waals surface area contributed by atoms with E-state index >= 15 is 0 Å². The van der Waals surface area contributed by atoms with Gasteiger partial charge >= 0.3 is 0 Å². The van der Waals surface area contributed by atoms with Gasteiger partial charge in [0.1, 0.15) is 5.82 Å². The molecule has 1 saturated heterocycles. The molecule has 0 atom stereocenters. The molecular weight excluding hydrogens is 473 g/mol. The molecule has 2 heterocycles. The van der Waals surface area contributed by atoms with Crippen LogP contribution in [-0.4, -0.2) is 19.7 Å². The monoisotopic (exact) mass is 489 g/mol. The van der Waals surface area contributed by atoms with Gasteiger partial charge in [-0.3, -0.25) is 19.8 Å². The fourth-order valence-electron chi connectivity index (χ4n) is 3.95. The zero-order chi connectivity index (χ0) is 23.8. The number of halogens is 1. The standard InChI is InChI=1S/C25H16FN3O3S2/c26-18-9-11-19(12-10-18)28-24(30)23(34-25(28)33)13-17-15-27(22-8-4-2-6-20(17)22)14-16-5-1-3-7-21(16)29(31)32/h1-13,15H,14H2/b23-13-. The van der Waals surface area contributed by atoms with E-state index in [0.717, 1.165) is 16.5 Å². The Balaban J connectivity index is 1.53. The molecule has 9 heteroatoms. The first-order valence-electron chi connectivity index (χ1n) is 10.3. The number of para-hydroxylation sites is 2. The number of hydrogen-bond donors (Lipinski definition) is 0. The van der Waals surface area contributed by atoms with E-state index in [-0.39, 0.29) is 16.5 Å². The molecule has 1 aliphatic heterocycles. The van der Waals surface area contributed by atoms with E-state index in [1.54, 1.807) is 24.3 Å². The summed E-state index contributed by atoms with van der Waals surface area (Å²) in [5, 5.41) is 12.4. The van der Waals surface area contributed by atoms with E-state index < -0.39 is 5.82 Å². The highest BCUT2D eigenvalue weighted by atomic mass is 32.2. The van der Waals surface area contributed by atoms with Crippen molar-refractivity contribution in [3.05, 3.63) is 111 Å². The van der Waals surface area contributed by atoms with Gasteiger partial charge in [-0.05, 0) is 36.4 Å². The van der Waals surface area contributed by atoms with E-state index in [4.69, 9.17) is 12.2 Å². The van der Waals surface area contributed by atoms with Crippen LogP contribution < -0.4 is 4.90 Å². The van der Waals surface area contributed by atoms with Gasteiger partial charge in [0.15, 0.2) is 4.32 Å². The smallest absolute Gasteiger partial charge is 0.274 e. The number of nitrogens with zero attached hydrogens (tertiary/aromatic N) is 3. The number of nitro groups is 1. The summed E-state index contributed by atoms with van der Waals surface area (Å²) in [6.45, 7) is 0.308. The lowest BCUT2D eigenvalue weighted by atomic mass is 10.1. The molecule has 0 bridgehead atoms. The molecule has 0 N–H and O–H groups in total. The molecule has 1 fully saturated rings. The van der Waals surface area contributed by atoms with Gasteiger partial charge < -0.3 is 4.57 Å². The van der Waals surface area contributed by atoms with Crippen LogP contribution in [0.3, 0.4) is 0 Å². The van der Waals surface area contributed by atoms with Gasteiger partial charge in [-0.25, -0.2) is 4.39 Å². The Morgan fingerprint density at radius 2 is 1.74 bits per heavy atom. The summed E-state index contributed by atoms with van der Waals surface area (Å²) < 4.78 is 15.6. The topological polar surface area (TPSA) is 68.4 Å². The minimum absolute atomic E-state index is 0.0574.